The molecule has 0 radical (unpaired) electrons. The Bertz CT molecular complexity index is 626. The van der Waals surface area contributed by atoms with Crippen molar-refractivity contribution in [3.63, 3.8) is 0 Å². The number of hydrogen-bond acceptors (Lipinski definition) is 5. The summed E-state index contributed by atoms with van der Waals surface area (Å²) in [7, 11) is 0. The highest BCUT2D eigenvalue weighted by atomic mass is 32.1. The summed E-state index contributed by atoms with van der Waals surface area (Å²) in [5.74, 6) is 2.68. The van der Waals surface area contributed by atoms with Gasteiger partial charge in [0.1, 0.15) is 16.5 Å². The average molecular weight is 290 g/mol. The molecule has 0 atom stereocenters. The van der Waals surface area contributed by atoms with Gasteiger partial charge in [-0.05, 0) is 51.6 Å². The number of rotatable bonds is 2. The van der Waals surface area contributed by atoms with Crippen molar-refractivity contribution in [3.05, 3.63) is 16.3 Å². The van der Waals surface area contributed by atoms with Gasteiger partial charge in [-0.3, -0.25) is 0 Å². The van der Waals surface area contributed by atoms with Crippen LogP contribution in [0.3, 0.4) is 0 Å². The standard InChI is InChI=1S/C15H22N4S/c1-9-10(2)20-15-13(9)14(17-11(3)18-15)19-6-4-12(8-16)5-7-19/h12H,4-8,16H2,1-3H3. The summed E-state index contributed by atoms with van der Waals surface area (Å²) in [5, 5.41) is 1.25. The van der Waals surface area contributed by atoms with E-state index in [0.29, 0.717) is 5.92 Å². The number of aromatic nitrogens is 2. The van der Waals surface area contributed by atoms with E-state index in [4.69, 9.17) is 10.7 Å². The molecule has 4 nitrogen and oxygen atoms in total. The zero-order valence-electron chi connectivity index (χ0n) is 12.4. The Morgan fingerprint density at radius 3 is 2.55 bits per heavy atom. The van der Waals surface area contributed by atoms with Gasteiger partial charge < -0.3 is 10.6 Å². The topological polar surface area (TPSA) is 55.0 Å². The van der Waals surface area contributed by atoms with Crippen LogP contribution in [0.5, 0.6) is 0 Å². The van der Waals surface area contributed by atoms with E-state index in [9.17, 15) is 0 Å². The van der Waals surface area contributed by atoms with Gasteiger partial charge in [0, 0.05) is 18.0 Å². The maximum atomic E-state index is 5.79. The zero-order chi connectivity index (χ0) is 14.3. The Kier molecular flexibility index (Phi) is 3.65. The highest BCUT2D eigenvalue weighted by Gasteiger charge is 2.23. The smallest absolute Gasteiger partial charge is 0.141 e. The maximum Gasteiger partial charge on any atom is 0.141 e. The van der Waals surface area contributed by atoms with Gasteiger partial charge in [-0.25, -0.2) is 9.97 Å². The van der Waals surface area contributed by atoms with E-state index in [1.54, 1.807) is 11.3 Å². The lowest BCUT2D eigenvalue weighted by Gasteiger charge is -2.32. The second kappa shape index (κ2) is 5.30. The second-order valence-electron chi connectivity index (χ2n) is 5.72. The number of nitrogens with two attached hydrogens (primary N) is 1. The molecule has 0 aliphatic carbocycles. The Labute approximate surface area is 124 Å². The molecule has 0 saturated carbocycles. The van der Waals surface area contributed by atoms with Crippen LogP contribution in [0.2, 0.25) is 0 Å². The number of piperidine rings is 1. The number of fused-ring (bicyclic) bond motifs is 1. The molecule has 3 heterocycles. The van der Waals surface area contributed by atoms with E-state index < -0.39 is 0 Å². The molecule has 2 N–H and O–H groups in total. The summed E-state index contributed by atoms with van der Waals surface area (Å²) < 4.78 is 0. The molecule has 2 aromatic heterocycles. The third-order valence-electron chi connectivity index (χ3n) is 4.37. The fourth-order valence-corrected chi connectivity index (χ4v) is 4.01. The third kappa shape index (κ3) is 2.29. The Morgan fingerprint density at radius 2 is 1.90 bits per heavy atom. The van der Waals surface area contributed by atoms with Gasteiger partial charge >= 0.3 is 0 Å². The predicted octanol–water partition coefficient (Wildman–Crippen LogP) is 2.79. The van der Waals surface area contributed by atoms with Gasteiger partial charge in [-0.15, -0.1) is 11.3 Å². The number of hydrogen-bond donors (Lipinski definition) is 1. The number of nitrogens with zero attached hydrogens (tertiary/aromatic N) is 3. The molecular weight excluding hydrogens is 268 g/mol. The van der Waals surface area contributed by atoms with Crippen LogP contribution in [0.1, 0.15) is 29.1 Å². The molecule has 2 aromatic rings. The molecule has 0 bridgehead atoms. The van der Waals surface area contributed by atoms with Crippen LogP contribution in [0, 0.1) is 26.7 Å². The van der Waals surface area contributed by atoms with Gasteiger partial charge in [0.05, 0.1) is 5.39 Å². The van der Waals surface area contributed by atoms with E-state index in [0.717, 1.165) is 36.1 Å². The first-order valence-corrected chi connectivity index (χ1v) is 8.11. The fraction of sp³-hybridized carbons (Fsp3) is 0.600. The van der Waals surface area contributed by atoms with Crippen molar-refractivity contribution in [2.75, 3.05) is 24.5 Å². The number of thiophene rings is 1. The van der Waals surface area contributed by atoms with Crippen molar-refractivity contribution < 1.29 is 0 Å². The molecule has 0 unspecified atom stereocenters. The van der Waals surface area contributed by atoms with Crippen LogP contribution in [-0.4, -0.2) is 29.6 Å². The van der Waals surface area contributed by atoms with Crippen molar-refractivity contribution in [2.24, 2.45) is 11.7 Å². The molecule has 0 amide bonds. The van der Waals surface area contributed by atoms with Gasteiger partial charge in [-0.2, -0.15) is 0 Å². The largest absolute Gasteiger partial charge is 0.356 e. The van der Waals surface area contributed by atoms with Crippen LogP contribution in [-0.2, 0) is 0 Å². The molecule has 1 fully saturated rings. The molecule has 20 heavy (non-hydrogen) atoms. The normalized spacial score (nSPS) is 17.1. The van der Waals surface area contributed by atoms with Crippen LogP contribution < -0.4 is 10.6 Å². The Morgan fingerprint density at radius 1 is 1.20 bits per heavy atom. The summed E-state index contributed by atoms with van der Waals surface area (Å²) in [5.41, 5.74) is 7.12. The van der Waals surface area contributed by atoms with Crippen molar-refractivity contribution in [2.45, 2.75) is 33.6 Å². The average Bonchev–Trinajstić information content (AvgIpc) is 2.73. The lowest BCUT2D eigenvalue weighted by Crippen LogP contribution is -2.36. The second-order valence-corrected chi connectivity index (χ2v) is 6.93. The van der Waals surface area contributed by atoms with Crippen LogP contribution >= 0.6 is 11.3 Å². The van der Waals surface area contributed by atoms with Crippen molar-refractivity contribution in [1.29, 1.82) is 0 Å². The lowest BCUT2D eigenvalue weighted by atomic mass is 9.97. The highest BCUT2D eigenvalue weighted by Crippen LogP contribution is 2.36. The van der Waals surface area contributed by atoms with Gasteiger partial charge in [0.2, 0.25) is 0 Å². The molecule has 1 aliphatic rings. The van der Waals surface area contributed by atoms with Crippen molar-refractivity contribution in [3.8, 4) is 0 Å². The Hall–Kier alpha value is -1.20. The minimum absolute atomic E-state index is 0.676. The molecule has 1 saturated heterocycles. The number of aryl methyl sites for hydroxylation is 3. The number of anilines is 1. The zero-order valence-corrected chi connectivity index (χ0v) is 13.3. The van der Waals surface area contributed by atoms with Gasteiger partial charge in [0.25, 0.3) is 0 Å². The van der Waals surface area contributed by atoms with E-state index >= 15 is 0 Å². The van der Waals surface area contributed by atoms with Crippen LogP contribution in [0.15, 0.2) is 0 Å². The summed E-state index contributed by atoms with van der Waals surface area (Å²) in [6, 6.07) is 0. The molecule has 108 valence electrons. The molecule has 0 aromatic carbocycles. The van der Waals surface area contributed by atoms with Gasteiger partial charge in [0.15, 0.2) is 0 Å². The van der Waals surface area contributed by atoms with Gasteiger partial charge in [-0.1, -0.05) is 0 Å². The summed E-state index contributed by atoms with van der Waals surface area (Å²) >= 11 is 1.78. The SMILES string of the molecule is Cc1nc(N2CCC(CN)CC2)c2c(C)c(C)sc2n1. The maximum absolute atomic E-state index is 5.79. The minimum atomic E-state index is 0.676. The molecule has 5 heteroatoms. The third-order valence-corrected chi connectivity index (χ3v) is 5.47. The molecule has 3 rings (SSSR count). The first kappa shape index (κ1) is 13.8. The predicted molar refractivity (Wildman–Crippen MR) is 85.6 cm³/mol. The van der Waals surface area contributed by atoms with E-state index in [1.807, 2.05) is 6.92 Å². The Balaban J connectivity index is 2.02. The van der Waals surface area contributed by atoms with Crippen LogP contribution in [0.25, 0.3) is 10.2 Å². The molecular formula is C15H22N4S. The summed E-state index contributed by atoms with van der Waals surface area (Å²) in [6.45, 7) is 9.26. The van der Waals surface area contributed by atoms with E-state index in [2.05, 4.69) is 23.7 Å². The fourth-order valence-electron chi connectivity index (χ4n) is 2.94. The summed E-state index contributed by atoms with van der Waals surface area (Å²) in [6.07, 6.45) is 2.34. The molecule has 1 aliphatic heterocycles. The summed E-state index contributed by atoms with van der Waals surface area (Å²) in [4.78, 5) is 14.2. The first-order chi connectivity index (χ1) is 9.60. The highest BCUT2D eigenvalue weighted by molar-refractivity contribution is 7.18. The molecule has 0 spiro atoms. The monoisotopic (exact) mass is 290 g/mol. The van der Waals surface area contributed by atoms with Crippen LogP contribution in [0.4, 0.5) is 5.82 Å². The van der Waals surface area contributed by atoms with Crippen molar-refractivity contribution in [1.82, 2.24) is 9.97 Å². The lowest BCUT2D eigenvalue weighted by molar-refractivity contribution is 0.413. The first-order valence-electron chi connectivity index (χ1n) is 7.29. The quantitative estimate of drug-likeness (QED) is 0.924. The van der Waals surface area contributed by atoms with Crippen molar-refractivity contribution >= 4 is 27.4 Å². The van der Waals surface area contributed by atoms with E-state index in [-0.39, 0.29) is 0 Å². The van der Waals surface area contributed by atoms with E-state index in [1.165, 1.54) is 28.7 Å². The minimum Gasteiger partial charge on any atom is -0.356 e.